The molecule has 8 heteroatoms. The lowest BCUT2D eigenvalue weighted by molar-refractivity contribution is 0.0318. The Kier molecular flexibility index (Phi) is 5.82. The van der Waals surface area contributed by atoms with Gasteiger partial charge in [-0.3, -0.25) is 14.4 Å². The highest BCUT2D eigenvalue weighted by Gasteiger charge is 2.37. The highest BCUT2D eigenvalue weighted by molar-refractivity contribution is 6.44. The van der Waals surface area contributed by atoms with Crippen molar-refractivity contribution in [3.8, 4) is 0 Å². The van der Waals surface area contributed by atoms with Crippen LogP contribution in [0.4, 0.5) is 5.69 Å². The van der Waals surface area contributed by atoms with Crippen molar-refractivity contribution in [3.05, 3.63) is 99.0 Å². The topological polar surface area (TPSA) is 80.8 Å². The van der Waals surface area contributed by atoms with E-state index >= 15 is 0 Å². The molecule has 0 saturated carbocycles. The van der Waals surface area contributed by atoms with Crippen LogP contribution in [0.5, 0.6) is 0 Å². The van der Waals surface area contributed by atoms with Gasteiger partial charge in [-0.15, -0.1) is 0 Å². The number of benzene rings is 3. The van der Waals surface area contributed by atoms with Crippen LogP contribution < -0.4 is 4.90 Å². The van der Waals surface area contributed by atoms with E-state index in [0.29, 0.717) is 5.56 Å². The molecule has 0 saturated heterocycles. The maximum atomic E-state index is 12.8. The zero-order valence-corrected chi connectivity index (χ0v) is 18.2. The van der Waals surface area contributed by atoms with Gasteiger partial charge in [-0.2, -0.15) is 0 Å². The van der Waals surface area contributed by atoms with Gasteiger partial charge in [0.2, 0.25) is 5.78 Å². The average Bonchev–Trinajstić information content (AvgIpc) is 3.03. The van der Waals surface area contributed by atoms with Crippen LogP contribution >= 0.6 is 23.2 Å². The van der Waals surface area contributed by atoms with Crippen LogP contribution in [0, 0.1) is 0 Å². The Hall–Kier alpha value is -3.48. The molecule has 1 aliphatic heterocycles. The molecule has 1 unspecified atom stereocenters. The normalized spacial score (nSPS) is 13.7. The summed E-state index contributed by atoms with van der Waals surface area (Å²) >= 11 is 12.0. The van der Waals surface area contributed by atoms with Crippen LogP contribution in [0.25, 0.3) is 0 Å². The second-order valence-corrected chi connectivity index (χ2v) is 7.90. The third-order valence-corrected chi connectivity index (χ3v) is 5.70. The Morgan fingerprint density at radius 3 is 1.97 bits per heavy atom. The molecule has 32 heavy (non-hydrogen) atoms. The van der Waals surface area contributed by atoms with E-state index in [-0.39, 0.29) is 38.2 Å². The van der Waals surface area contributed by atoms with E-state index in [1.165, 1.54) is 43.3 Å². The minimum Gasteiger partial charge on any atom is -0.451 e. The van der Waals surface area contributed by atoms with E-state index in [4.69, 9.17) is 27.9 Å². The van der Waals surface area contributed by atoms with Crippen LogP contribution in [-0.4, -0.2) is 29.7 Å². The molecular weight excluding hydrogens is 453 g/mol. The van der Waals surface area contributed by atoms with Gasteiger partial charge < -0.3 is 4.74 Å². The molecule has 0 aromatic heterocycles. The standard InChI is InChI=1S/C24H15Cl2NO5/c1-13(21(28)14-6-3-2-4-7-14)32-24(31)15-8-5-9-16(10-15)27-22(29)17-11-19(25)20(26)12-18(17)23(27)30/h2-13H,1H3. The van der Waals surface area contributed by atoms with Crippen molar-refractivity contribution in [2.75, 3.05) is 4.90 Å². The first kappa shape index (κ1) is 21.7. The lowest BCUT2D eigenvalue weighted by atomic mass is 10.1. The largest absolute Gasteiger partial charge is 0.451 e. The summed E-state index contributed by atoms with van der Waals surface area (Å²) in [5.74, 6) is -2.26. The number of amides is 2. The maximum absolute atomic E-state index is 12.8. The first-order chi connectivity index (χ1) is 15.3. The summed E-state index contributed by atoms with van der Waals surface area (Å²) in [7, 11) is 0. The number of carbonyl (C=O) groups excluding carboxylic acids is 4. The monoisotopic (exact) mass is 467 g/mol. The molecule has 3 aromatic rings. The van der Waals surface area contributed by atoms with E-state index in [0.717, 1.165) is 4.90 Å². The van der Waals surface area contributed by atoms with Crippen molar-refractivity contribution in [2.24, 2.45) is 0 Å². The third kappa shape index (κ3) is 3.90. The van der Waals surface area contributed by atoms with E-state index in [2.05, 4.69) is 0 Å². The van der Waals surface area contributed by atoms with Crippen molar-refractivity contribution < 1.29 is 23.9 Å². The summed E-state index contributed by atoms with van der Waals surface area (Å²) in [6, 6.07) is 17.0. The van der Waals surface area contributed by atoms with Gasteiger partial charge in [-0.25, -0.2) is 9.69 Å². The fraction of sp³-hybridized carbons (Fsp3) is 0.0833. The van der Waals surface area contributed by atoms with E-state index < -0.39 is 23.9 Å². The Balaban J connectivity index is 1.56. The molecule has 0 bridgehead atoms. The Morgan fingerprint density at radius 1 is 0.812 bits per heavy atom. The maximum Gasteiger partial charge on any atom is 0.338 e. The number of rotatable bonds is 5. The van der Waals surface area contributed by atoms with E-state index in [1.807, 2.05) is 0 Å². The summed E-state index contributed by atoms with van der Waals surface area (Å²) in [4.78, 5) is 51.7. The van der Waals surface area contributed by atoms with Crippen LogP contribution in [0.1, 0.15) is 48.4 Å². The first-order valence-electron chi connectivity index (χ1n) is 9.56. The zero-order valence-electron chi connectivity index (χ0n) is 16.7. The molecule has 4 rings (SSSR count). The number of halogens is 2. The van der Waals surface area contributed by atoms with Crippen molar-refractivity contribution in [2.45, 2.75) is 13.0 Å². The number of Topliss-reactive ketones (excluding diaryl/α,β-unsaturated/α-hetero) is 1. The number of anilines is 1. The van der Waals surface area contributed by atoms with Gasteiger partial charge in [-0.1, -0.05) is 59.6 Å². The van der Waals surface area contributed by atoms with Gasteiger partial charge >= 0.3 is 5.97 Å². The van der Waals surface area contributed by atoms with Crippen LogP contribution in [0.2, 0.25) is 10.0 Å². The number of carbonyl (C=O) groups is 4. The molecule has 3 aromatic carbocycles. The lowest BCUT2D eigenvalue weighted by Crippen LogP contribution is -2.29. The summed E-state index contributed by atoms with van der Waals surface area (Å²) in [6.07, 6.45) is -1.02. The predicted octanol–water partition coefficient (Wildman–Crippen LogP) is 5.22. The molecule has 0 fully saturated rings. The lowest BCUT2D eigenvalue weighted by Gasteiger charge is -2.16. The van der Waals surface area contributed by atoms with Gasteiger partial charge in [0.25, 0.3) is 11.8 Å². The summed E-state index contributed by atoms with van der Waals surface area (Å²) in [5.41, 5.74) is 0.937. The van der Waals surface area contributed by atoms with E-state index in [1.54, 1.807) is 30.3 Å². The molecule has 160 valence electrons. The van der Waals surface area contributed by atoms with Crippen LogP contribution in [-0.2, 0) is 4.74 Å². The molecule has 0 N–H and O–H groups in total. The van der Waals surface area contributed by atoms with Crippen molar-refractivity contribution in [1.82, 2.24) is 0 Å². The fourth-order valence-electron chi connectivity index (χ4n) is 3.36. The molecule has 1 atom stereocenters. The zero-order chi connectivity index (χ0) is 23.0. The predicted molar refractivity (Wildman–Crippen MR) is 120 cm³/mol. The van der Waals surface area contributed by atoms with Crippen molar-refractivity contribution in [3.63, 3.8) is 0 Å². The van der Waals surface area contributed by atoms with Gasteiger partial charge in [-0.05, 0) is 37.3 Å². The summed E-state index contributed by atoms with van der Waals surface area (Å²) < 4.78 is 5.31. The molecular formula is C24H15Cl2NO5. The molecule has 0 aliphatic carbocycles. The van der Waals surface area contributed by atoms with Gasteiger partial charge in [0.15, 0.2) is 6.10 Å². The van der Waals surface area contributed by atoms with Gasteiger partial charge in [0.05, 0.1) is 32.4 Å². The van der Waals surface area contributed by atoms with Gasteiger partial charge in [0.1, 0.15) is 0 Å². The van der Waals surface area contributed by atoms with Crippen molar-refractivity contribution >= 4 is 52.5 Å². The number of hydrogen-bond donors (Lipinski definition) is 0. The number of ether oxygens (including phenoxy) is 1. The summed E-state index contributed by atoms with van der Waals surface area (Å²) in [6.45, 7) is 1.48. The van der Waals surface area contributed by atoms with Crippen LogP contribution in [0.3, 0.4) is 0 Å². The second kappa shape index (κ2) is 8.57. The van der Waals surface area contributed by atoms with Crippen LogP contribution in [0.15, 0.2) is 66.7 Å². The average molecular weight is 468 g/mol. The first-order valence-corrected chi connectivity index (χ1v) is 10.3. The number of fused-ring (bicyclic) bond motifs is 1. The molecule has 2 amide bonds. The number of imide groups is 1. The Labute approximate surface area is 193 Å². The molecule has 0 radical (unpaired) electrons. The SMILES string of the molecule is CC(OC(=O)c1cccc(N2C(=O)c3cc(Cl)c(Cl)cc3C2=O)c1)C(=O)c1ccccc1. The quantitative estimate of drug-likeness (QED) is 0.291. The number of nitrogens with zero attached hydrogens (tertiary/aromatic N) is 1. The Morgan fingerprint density at radius 2 is 1.38 bits per heavy atom. The highest BCUT2D eigenvalue weighted by atomic mass is 35.5. The van der Waals surface area contributed by atoms with Crippen molar-refractivity contribution in [1.29, 1.82) is 0 Å². The molecule has 1 aliphatic rings. The number of esters is 1. The minimum absolute atomic E-state index is 0.0860. The minimum atomic E-state index is -1.02. The highest BCUT2D eigenvalue weighted by Crippen LogP contribution is 2.34. The Bertz CT molecular complexity index is 1230. The van der Waals surface area contributed by atoms with Gasteiger partial charge in [0, 0.05) is 5.56 Å². The third-order valence-electron chi connectivity index (χ3n) is 4.98. The second-order valence-electron chi connectivity index (χ2n) is 7.09. The smallest absolute Gasteiger partial charge is 0.338 e. The summed E-state index contributed by atoms with van der Waals surface area (Å²) in [5, 5.41) is 0.311. The number of ketones is 1. The molecule has 0 spiro atoms. The van der Waals surface area contributed by atoms with E-state index in [9.17, 15) is 19.2 Å². The number of hydrogen-bond acceptors (Lipinski definition) is 5. The molecule has 1 heterocycles. The molecule has 6 nitrogen and oxygen atoms in total. The fourth-order valence-corrected chi connectivity index (χ4v) is 3.69.